The van der Waals surface area contributed by atoms with Crippen molar-refractivity contribution in [1.29, 1.82) is 0 Å². The minimum atomic E-state index is -1.17. The second kappa shape index (κ2) is 5.51. The van der Waals surface area contributed by atoms with Crippen LogP contribution in [0, 0.1) is 5.92 Å². The summed E-state index contributed by atoms with van der Waals surface area (Å²) in [5, 5.41) is 18.8. The summed E-state index contributed by atoms with van der Waals surface area (Å²) in [7, 11) is 0. The lowest BCUT2D eigenvalue weighted by Gasteiger charge is -2.17. The number of carboxylic acids is 1. The summed E-state index contributed by atoms with van der Waals surface area (Å²) in [5.74, 6) is -1.03. The molecule has 4 nitrogen and oxygen atoms in total. The fourth-order valence-electron chi connectivity index (χ4n) is 1.70. The van der Waals surface area contributed by atoms with Gasteiger partial charge < -0.3 is 15.9 Å². The molecule has 0 radical (unpaired) electrons. The van der Waals surface area contributed by atoms with Crippen molar-refractivity contribution in [3.05, 3.63) is 27.7 Å². The molecule has 0 aliphatic heterocycles. The molecule has 17 heavy (non-hydrogen) atoms. The van der Waals surface area contributed by atoms with Crippen molar-refractivity contribution in [3.8, 4) is 5.75 Å². The van der Waals surface area contributed by atoms with Gasteiger partial charge in [-0.3, -0.25) is 0 Å². The molecule has 0 spiro atoms. The molecule has 1 atom stereocenters. The van der Waals surface area contributed by atoms with Crippen LogP contribution in [0.25, 0.3) is 0 Å². The lowest BCUT2D eigenvalue weighted by Crippen LogP contribution is -2.14. The molecule has 0 aliphatic rings. The first-order valence-corrected chi connectivity index (χ1v) is 6.13. The Bertz CT molecular complexity index is 432. The molecule has 0 heterocycles. The van der Waals surface area contributed by atoms with Crippen LogP contribution in [-0.4, -0.2) is 16.2 Å². The molecular weight excluding hydrogens is 286 g/mol. The van der Waals surface area contributed by atoms with Crippen molar-refractivity contribution in [2.75, 3.05) is 0 Å². The van der Waals surface area contributed by atoms with Crippen LogP contribution >= 0.6 is 15.9 Å². The van der Waals surface area contributed by atoms with E-state index in [1.54, 1.807) is 6.07 Å². The number of nitrogens with two attached hydrogens (primary N) is 1. The molecular formula is C12H16BrNO3. The number of rotatable bonds is 4. The highest BCUT2D eigenvalue weighted by Crippen LogP contribution is 2.33. The van der Waals surface area contributed by atoms with Gasteiger partial charge in [0.25, 0.3) is 0 Å². The Kier molecular flexibility index (Phi) is 4.54. The zero-order chi connectivity index (χ0) is 13.2. The fraction of sp³-hybridized carbons (Fsp3) is 0.417. The average Bonchev–Trinajstić information content (AvgIpc) is 2.19. The number of aromatic hydroxyl groups is 1. The maximum Gasteiger partial charge on any atom is 0.339 e. The number of carboxylic acid groups (broad SMARTS) is 1. The number of carbonyl (C=O) groups is 1. The van der Waals surface area contributed by atoms with Crippen LogP contribution in [0.15, 0.2) is 16.6 Å². The summed E-state index contributed by atoms with van der Waals surface area (Å²) in [6.45, 7) is 4.04. The van der Waals surface area contributed by atoms with E-state index < -0.39 is 5.97 Å². The van der Waals surface area contributed by atoms with Crippen LogP contribution in [-0.2, 0) is 0 Å². The molecule has 4 N–H and O–H groups in total. The van der Waals surface area contributed by atoms with E-state index >= 15 is 0 Å². The second-order valence-corrected chi connectivity index (χ2v) is 5.35. The van der Waals surface area contributed by atoms with Gasteiger partial charge in [0.1, 0.15) is 11.3 Å². The normalized spacial score (nSPS) is 12.8. The molecule has 0 saturated carbocycles. The van der Waals surface area contributed by atoms with Crippen LogP contribution in [0.5, 0.6) is 5.75 Å². The van der Waals surface area contributed by atoms with E-state index in [4.69, 9.17) is 10.8 Å². The molecule has 0 aromatic heterocycles. The van der Waals surface area contributed by atoms with Gasteiger partial charge in [0.05, 0.1) is 0 Å². The lowest BCUT2D eigenvalue weighted by atomic mass is 9.95. The lowest BCUT2D eigenvalue weighted by molar-refractivity contribution is 0.0693. The van der Waals surface area contributed by atoms with Gasteiger partial charge >= 0.3 is 5.97 Å². The van der Waals surface area contributed by atoms with Crippen LogP contribution in [0.2, 0.25) is 0 Å². The third-order valence-electron chi connectivity index (χ3n) is 2.46. The zero-order valence-electron chi connectivity index (χ0n) is 9.77. The van der Waals surface area contributed by atoms with Crippen LogP contribution in [0.1, 0.15) is 42.2 Å². The van der Waals surface area contributed by atoms with Gasteiger partial charge in [0, 0.05) is 16.1 Å². The number of halogens is 1. The molecule has 1 aromatic rings. The molecule has 0 unspecified atom stereocenters. The quantitative estimate of drug-likeness (QED) is 0.798. The van der Waals surface area contributed by atoms with E-state index in [0.29, 0.717) is 22.4 Å². The summed E-state index contributed by atoms with van der Waals surface area (Å²) in [4.78, 5) is 10.9. The van der Waals surface area contributed by atoms with Gasteiger partial charge in [-0.15, -0.1) is 0 Å². The molecule has 1 rings (SSSR count). The zero-order valence-corrected chi connectivity index (χ0v) is 11.4. The number of aromatic carboxylic acids is 1. The summed E-state index contributed by atoms with van der Waals surface area (Å²) >= 11 is 3.22. The summed E-state index contributed by atoms with van der Waals surface area (Å²) in [5.41, 5.74) is 6.29. The molecule has 0 fully saturated rings. The molecule has 94 valence electrons. The maximum absolute atomic E-state index is 10.9. The predicted molar refractivity (Wildman–Crippen MR) is 69.1 cm³/mol. The summed E-state index contributed by atoms with van der Waals surface area (Å²) in [6.07, 6.45) is 0.684. The Morgan fingerprint density at radius 3 is 2.53 bits per heavy atom. The fourth-order valence-corrected chi connectivity index (χ4v) is 2.18. The minimum Gasteiger partial charge on any atom is -0.507 e. The molecule has 1 aromatic carbocycles. The van der Waals surface area contributed by atoms with E-state index in [2.05, 4.69) is 15.9 Å². The molecule has 0 saturated heterocycles. The summed E-state index contributed by atoms with van der Waals surface area (Å²) in [6, 6.07) is 2.66. The highest BCUT2D eigenvalue weighted by molar-refractivity contribution is 9.10. The van der Waals surface area contributed by atoms with E-state index in [9.17, 15) is 9.90 Å². The first-order valence-electron chi connectivity index (χ1n) is 5.34. The van der Waals surface area contributed by atoms with E-state index in [1.165, 1.54) is 6.07 Å². The number of phenols is 1. The minimum absolute atomic E-state index is 0.131. The Balaban J connectivity index is 3.19. The monoisotopic (exact) mass is 301 g/mol. The summed E-state index contributed by atoms with van der Waals surface area (Å²) < 4.78 is 0.599. The molecule has 0 amide bonds. The van der Waals surface area contributed by atoms with E-state index in [0.717, 1.165) is 0 Å². The second-order valence-electron chi connectivity index (χ2n) is 4.43. The van der Waals surface area contributed by atoms with Crippen molar-refractivity contribution in [2.24, 2.45) is 11.7 Å². The average molecular weight is 302 g/mol. The highest BCUT2D eigenvalue weighted by atomic mass is 79.9. The van der Waals surface area contributed by atoms with Gasteiger partial charge in [0.15, 0.2) is 0 Å². The van der Waals surface area contributed by atoms with Crippen molar-refractivity contribution in [3.63, 3.8) is 0 Å². The third-order valence-corrected chi connectivity index (χ3v) is 2.92. The SMILES string of the molecule is CC(C)C[C@@H](N)c1cc(Br)cc(C(=O)O)c1O. The van der Waals surface area contributed by atoms with Crippen molar-refractivity contribution >= 4 is 21.9 Å². The molecule has 5 heteroatoms. The van der Waals surface area contributed by atoms with Crippen molar-refractivity contribution in [1.82, 2.24) is 0 Å². The number of benzene rings is 1. The van der Waals surface area contributed by atoms with E-state index in [1.807, 2.05) is 13.8 Å². The standard InChI is InChI=1S/C12H16BrNO3/c1-6(2)3-10(14)8-4-7(13)5-9(11(8)15)12(16)17/h4-6,10,15H,3,14H2,1-2H3,(H,16,17)/t10-/m1/s1. The predicted octanol–water partition coefficient (Wildman–Crippen LogP) is 2.90. The maximum atomic E-state index is 10.9. The first kappa shape index (κ1) is 14.0. The number of hydrogen-bond donors (Lipinski definition) is 3. The highest BCUT2D eigenvalue weighted by Gasteiger charge is 2.19. The molecule has 0 bridgehead atoms. The Morgan fingerprint density at radius 1 is 1.47 bits per heavy atom. The molecule has 0 aliphatic carbocycles. The van der Waals surface area contributed by atoms with Gasteiger partial charge in [-0.25, -0.2) is 4.79 Å². The van der Waals surface area contributed by atoms with Gasteiger partial charge in [-0.2, -0.15) is 0 Å². The van der Waals surface area contributed by atoms with Gasteiger partial charge in [0.2, 0.25) is 0 Å². The Hall–Kier alpha value is -1.07. The Labute approximate surface area is 109 Å². The first-order chi connectivity index (χ1) is 7.82. The van der Waals surface area contributed by atoms with Crippen molar-refractivity contribution < 1.29 is 15.0 Å². The van der Waals surface area contributed by atoms with Crippen molar-refractivity contribution in [2.45, 2.75) is 26.3 Å². The topological polar surface area (TPSA) is 83.6 Å². The van der Waals surface area contributed by atoms with Gasteiger partial charge in [-0.1, -0.05) is 29.8 Å². The van der Waals surface area contributed by atoms with E-state index in [-0.39, 0.29) is 17.4 Å². The van der Waals surface area contributed by atoms with Crippen LogP contribution in [0.3, 0.4) is 0 Å². The third kappa shape index (κ3) is 3.44. The Morgan fingerprint density at radius 2 is 2.06 bits per heavy atom. The smallest absolute Gasteiger partial charge is 0.339 e. The van der Waals surface area contributed by atoms with Gasteiger partial charge in [-0.05, 0) is 24.5 Å². The number of hydrogen-bond acceptors (Lipinski definition) is 3. The largest absolute Gasteiger partial charge is 0.507 e. The van der Waals surface area contributed by atoms with Crippen LogP contribution in [0.4, 0.5) is 0 Å². The van der Waals surface area contributed by atoms with Crippen LogP contribution < -0.4 is 5.73 Å².